The third kappa shape index (κ3) is 3.43. The predicted octanol–water partition coefficient (Wildman–Crippen LogP) is 3.37. The molecule has 2 bridgehead atoms. The van der Waals surface area contributed by atoms with E-state index in [2.05, 4.69) is 43.5 Å². The number of hydrogen-bond acceptors (Lipinski definition) is 4. The first-order chi connectivity index (χ1) is 13.8. The fraction of sp³-hybridized carbons (Fsp3) is 0.652. The Hall–Kier alpha value is -1.69. The van der Waals surface area contributed by atoms with Crippen LogP contribution in [-0.2, 0) is 15.3 Å². The molecule has 5 nitrogen and oxygen atoms in total. The molecule has 158 valence electrons. The highest BCUT2D eigenvalue weighted by Crippen LogP contribution is 2.68. The first kappa shape index (κ1) is 20.6. The van der Waals surface area contributed by atoms with Gasteiger partial charge in [-0.05, 0) is 53.7 Å². The summed E-state index contributed by atoms with van der Waals surface area (Å²) in [5, 5.41) is 6.05. The summed E-state index contributed by atoms with van der Waals surface area (Å²) in [4.78, 5) is 25.2. The highest BCUT2D eigenvalue weighted by molar-refractivity contribution is 7.98. The summed E-state index contributed by atoms with van der Waals surface area (Å²) >= 11 is 1.77. The molecule has 29 heavy (non-hydrogen) atoms. The van der Waals surface area contributed by atoms with Crippen LogP contribution >= 0.6 is 11.8 Å². The van der Waals surface area contributed by atoms with Crippen molar-refractivity contribution in [3.8, 4) is 5.75 Å². The van der Waals surface area contributed by atoms with Gasteiger partial charge in [0.1, 0.15) is 11.8 Å². The van der Waals surface area contributed by atoms with E-state index in [1.807, 2.05) is 12.1 Å². The number of hydrogen-bond donors (Lipinski definition) is 2. The molecule has 1 heterocycles. The van der Waals surface area contributed by atoms with Crippen LogP contribution in [0.4, 0.5) is 0 Å². The Morgan fingerprint density at radius 1 is 1.28 bits per heavy atom. The molecule has 0 aromatic heterocycles. The minimum absolute atomic E-state index is 0.00843. The number of thioether (sulfide) groups is 1. The summed E-state index contributed by atoms with van der Waals surface area (Å²) in [6.07, 6.45) is 3.29. The number of rotatable bonds is 7. The van der Waals surface area contributed by atoms with Gasteiger partial charge >= 0.3 is 0 Å². The first-order valence-electron chi connectivity index (χ1n) is 10.6. The van der Waals surface area contributed by atoms with Crippen LogP contribution in [0.2, 0.25) is 0 Å². The van der Waals surface area contributed by atoms with Gasteiger partial charge in [-0.15, -0.1) is 0 Å². The zero-order chi connectivity index (χ0) is 20.8. The lowest BCUT2D eigenvalue weighted by Gasteiger charge is -2.41. The fourth-order valence-electron chi connectivity index (χ4n) is 5.63. The Labute approximate surface area is 177 Å². The van der Waals surface area contributed by atoms with Crippen LogP contribution in [0.3, 0.4) is 0 Å². The van der Waals surface area contributed by atoms with Gasteiger partial charge in [-0.3, -0.25) is 9.59 Å². The van der Waals surface area contributed by atoms with Gasteiger partial charge in [0.05, 0.1) is 13.2 Å². The molecule has 5 atom stereocenters. The standard InChI is InChI=1S/C23H32N2O3S/c1-22(2)15-9-10-23(22,3)17(11-15)20(26)25-19-18(24-21(19)27)13-29-12-14-5-7-16(28-4)8-6-14/h5-8,15,17-19H,9-13H2,1-4H3,(H,24,27)(H,25,26). The third-order valence-corrected chi connectivity index (χ3v) is 9.28. The molecule has 0 spiro atoms. The van der Waals surface area contributed by atoms with Gasteiger partial charge in [0, 0.05) is 17.4 Å². The molecule has 2 saturated carbocycles. The van der Waals surface area contributed by atoms with Crippen LogP contribution in [0, 0.1) is 22.7 Å². The lowest BCUT2D eigenvalue weighted by atomic mass is 9.66. The largest absolute Gasteiger partial charge is 0.497 e. The van der Waals surface area contributed by atoms with Crippen LogP contribution in [-0.4, -0.2) is 36.8 Å². The van der Waals surface area contributed by atoms with Gasteiger partial charge in [0.15, 0.2) is 0 Å². The van der Waals surface area contributed by atoms with Crippen molar-refractivity contribution < 1.29 is 14.3 Å². The summed E-state index contributed by atoms with van der Waals surface area (Å²) in [6, 6.07) is 7.65. The summed E-state index contributed by atoms with van der Waals surface area (Å²) in [5.41, 5.74) is 1.46. The number of amides is 2. The van der Waals surface area contributed by atoms with Crippen molar-refractivity contribution in [2.24, 2.45) is 22.7 Å². The van der Waals surface area contributed by atoms with E-state index in [0.717, 1.165) is 30.1 Å². The summed E-state index contributed by atoms with van der Waals surface area (Å²) in [6.45, 7) is 6.90. The Balaban J connectivity index is 1.29. The Kier molecular flexibility index (Phi) is 5.34. The normalized spacial score (nSPS) is 34.4. The monoisotopic (exact) mass is 416 g/mol. The van der Waals surface area contributed by atoms with Crippen molar-refractivity contribution in [1.29, 1.82) is 0 Å². The summed E-state index contributed by atoms with van der Waals surface area (Å²) in [7, 11) is 1.66. The summed E-state index contributed by atoms with van der Waals surface area (Å²) < 4.78 is 5.19. The molecule has 2 amide bonds. The Morgan fingerprint density at radius 2 is 2.00 bits per heavy atom. The number of ether oxygens (including phenoxy) is 1. The minimum atomic E-state index is -0.392. The molecule has 2 aliphatic carbocycles. The maximum Gasteiger partial charge on any atom is 0.245 e. The lowest BCUT2D eigenvalue weighted by Crippen LogP contribution is -2.70. The second-order valence-electron chi connectivity index (χ2n) is 9.63. The van der Waals surface area contributed by atoms with E-state index in [0.29, 0.717) is 5.92 Å². The Bertz CT molecular complexity index is 794. The molecular weight excluding hydrogens is 384 g/mol. The molecule has 3 aliphatic rings. The average molecular weight is 417 g/mol. The van der Waals surface area contributed by atoms with Gasteiger partial charge < -0.3 is 15.4 Å². The van der Waals surface area contributed by atoms with E-state index < -0.39 is 6.04 Å². The quantitative estimate of drug-likeness (QED) is 0.669. The molecule has 1 aromatic rings. The maximum absolute atomic E-state index is 13.1. The fourth-order valence-corrected chi connectivity index (χ4v) is 6.70. The number of carbonyl (C=O) groups excluding carboxylic acids is 2. The van der Waals surface area contributed by atoms with Crippen LogP contribution in [0.5, 0.6) is 5.75 Å². The van der Waals surface area contributed by atoms with Crippen molar-refractivity contribution in [3.05, 3.63) is 29.8 Å². The molecule has 5 unspecified atom stereocenters. The average Bonchev–Trinajstić information content (AvgIpc) is 3.05. The molecular formula is C23H32N2O3S. The second kappa shape index (κ2) is 7.53. The minimum Gasteiger partial charge on any atom is -0.497 e. The zero-order valence-corrected chi connectivity index (χ0v) is 18.6. The number of methoxy groups -OCH3 is 1. The molecule has 3 fully saturated rings. The highest BCUT2D eigenvalue weighted by atomic mass is 32.2. The third-order valence-electron chi connectivity index (χ3n) is 8.15. The number of nitrogens with one attached hydrogen (secondary N) is 2. The molecule has 1 aromatic carbocycles. The number of fused-ring (bicyclic) bond motifs is 2. The Morgan fingerprint density at radius 3 is 2.55 bits per heavy atom. The maximum atomic E-state index is 13.1. The van der Waals surface area contributed by atoms with E-state index in [1.165, 1.54) is 12.0 Å². The van der Waals surface area contributed by atoms with E-state index >= 15 is 0 Å². The van der Waals surface area contributed by atoms with Crippen LogP contribution in [0.25, 0.3) is 0 Å². The molecule has 6 heteroatoms. The van der Waals surface area contributed by atoms with Crippen molar-refractivity contribution in [2.45, 2.75) is 57.9 Å². The number of carbonyl (C=O) groups is 2. The lowest BCUT2D eigenvalue weighted by molar-refractivity contribution is -0.139. The predicted molar refractivity (Wildman–Crippen MR) is 116 cm³/mol. The highest BCUT2D eigenvalue weighted by Gasteiger charge is 2.63. The van der Waals surface area contributed by atoms with E-state index in [-0.39, 0.29) is 34.6 Å². The number of benzene rings is 1. The SMILES string of the molecule is COc1ccc(CSCC2NC(=O)C2NC(=O)C2CC3CCC2(C)C3(C)C)cc1. The van der Waals surface area contributed by atoms with Crippen LogP contribution < -0.4 is 15.4 Å². The van der Waals surface area contributed by atoms with Crippen molar-refractivity contribution in [2.75, 3.05) is 12.9 Å². The van der Waals surface area contributed by atoms with Gasteiger partial charge in [0.25, 0.3) is 0 Å². The van der Waals surface area contributed by atoms with E-state index in [1.54, 1.807) is 18.9 Å². The van der Waals surface area contributed by atoms with Crippen molar-refractivity contribution in [1.82, 2.24) is 10.6 Å². The smallest absolute Gasteiger partial charge is 0.245 e. The molecule has 1 saturated heterocycles. The second-order valence-corrected chi connectivity index (χ2v) is 10.7. The summed E-state index contributed by atoms with van der Waals surface area (Å²) in [5.74, 6) is 3.18. The molecule has 4 rings (SSSR count). The van der Waals surface area contributed by atoms with E-state index in [4.69, 9.17) is 4.74 Å². The van der Waals surface area contributed by atoms with Crippen LogP contribution in [0.15, 0.2) is 24.3 Å². The molecule has 0 radical (unpaired) electrons. The van der Waals surface area contributed by atoms with Gasteiger partial charge in [-0.25, -0.2) is 0 Å². The zero-order valence-electron chi connectivity index (χ0n) is 17.8. The van der Waals surface area contributed by atoms with E-state index in [9.17, 15) is 9.59 Å². The van der Waals surface area contributed by atoms with Crippen molar-refractivity contribution in [3.63, 3.8) is 0 Å². The molecule has 1 aliphatic heterocycles. The first-order valence-corrected chi connectivity index (χ1v) is 11.7. The number of β-lactam (4-membered cyclic amide) rings is 1. The topological polar surface area (TPSA) is 67.4 Å². The molecule has 2 N–H and O–H groups in total. The van der Waals surface area contributed by atoms with Crippen molar-refractivity contribution >= 4 is 23.6 Å². The van der Waals surface area contributed by atoms with Gasteiger partial charge in [-0.1, -0.05) is 32.9 Å². The van der Waals surface area contributed by atoms with Gasteiger partial charge in [-0.2, -0.15) is 11.8 Å². The van der Waals surface area contributed by atoms with Crippen LogP contribution in [0.1, 0.15) is 45.6 Å². The van der Waals surface area contributed by atoms with Gasteiger partial charge in [0.2, 0.25) is 11.8 Å².